The smallest absolute Gasteiger partial charge is 0.269 e. The van der Waals surface area contributed by atoms with Gasteiger partial charge in [0.25, 0.3) is 5.69 Å². The summed E-state index contributed by atoms with van der Waals surface area (Å²) in [6.07, 6.45) is 1.11. The van der Waals surface area contributed by atoms with Crippen LogP contribution in [0.5, 0.6) is 0 Å². The van der Waals surface area contributed by atoms with Gasteiger partial charge in [0.2, 0.25) is 10.0 Å². The molecule has 0 saturated carbocycles. The number of ether oxygens (including phenoxy) is 1. The fourth-order valence-corrected chi connectivity index (χ4v) is 4.13. The molecule has 2 unspecified atom stereocenters. The maximum Gasteiger partial charge on any atom is 0.269 e. The number of sulfonamides is 1. The predicted octanol–water partition coefficient (Wildman–Crippen LogP) is 2.93. The van der Waals surface area contributed by atoms with E-state index in [4.69, 9.17) is 4.74 Å². The fourth-order valence-electron chi connectivity index (χ4n) is 2.88. The maximum atomic E-state index is 13.2. The summed E-state index contributed by atoms with van der Waals surface area (Å²) in [5.41, 5.74) is 0.391. The Bertz CT molecular complexity index is 878. The molecule has 0 aliphatic carbocycles. The van der Waals surface area contributed by atoms with Crippen molar-refractivity contribution in [3.8, 4) is 0 Å². The van der Waals surface area contributed by atoms with Crippen LogP contribution in [0.25, 0.3) is 0 Å². The van der Waals surface area contributed by atoms with E-state index in [1.54, 1.807) is 0 Å². The second kappa shape index (κ2) is 7.48. The number of nitrogens with one attached hydrogen (secondary N) is 1. The Morgan fingerprint density at radius 2 is 1.81 bits per heavy atom. The highest BCUT2D eigenvalue weighted by Gasteiger charge is 2.31. The number of hydrogen-bond acceptors (Lipinski definition) is 5. The summed E-state index contributed by atoms with van der Waals surface area (Å²) in [5, 5.41) is 10.7. The minimum Gasteiger partial charge on any atom is -0.376 e. The molecule has 0 aromatic heterocycles. The third kappa shape index (κ3) is 4.06. The van der Waals surface area contributed by atoms with Crippen molar-refractivity contribution in [1.29, 1.82) is 0 Å². The van der Waals surface area contributed by atoms with E-state index in [1.165, 1.54) is 36.4 Å². The first kappa shape index (κ1) is 18.4. The van der Waals surface area contributed by atoms with E-state index in [-0.39, 0.29) is 16.7 Å². The van der Waals surface area contributed by atoms with Crippen LogP contribution in [0.3, 0.4) is 0 Å². The van der Waals surface area contributed by atoms with Crippen LogP contribution in [0.1, 0.15) is 24.4 Å². The average molecular weight is 380 g/mol. The summed E-state index contributed by atoms with van der Waals surface area (Å²) < 4.78 is 46.8. The van der Waals surface area contributed by atoms with Gasteiger partial charge in [-0.15, -0.1) is 0 Å². The fraction of sp³-hybridized carbons (Fsp3) is 0.294. The molecule has 0 amide bonds. The lowest BCUT2D eigenvalue weighted by molar-refractivity contribution is -0.384. The normalized spacial score (nSPS) is 18.6. The van der Waals surface area contributed by atoms with Gasteiger partial charge >= 0.3 is 0 Å². The molecule has 0 spiro atoms. The van der Waals surface area contributed by atoms with Crippen LogP contribution < -0.4 is 4.72 Å². The lowest BCUT2D eigenvalue weighted by atomic mass is 10.0. The van der Waals surface area contributed by atoms with Crippen molar-refractivity contribution >= 4 is 15.7 Å². The summed E-state index contributed by atoms with van der Waals surface area (Å²) in [5.74, 6) is -0.418. The summed E-state index contributed by atoms with van der Waals surface area (Å²) in [6, 6.07) is 9.49. The second-order valence-electron chi connectivity index (χ2n) is 5.95. The molecule has 1 N–H and O–H groups in total. The van der Waals surface area contributed by atoms with Gasteiger partial charge in [0, 0.05) is 18.7 Å². The van der Waals surface area contributed by atoms with Crippen molar-refractivity contribution in [2.24, 2.45) is 0 Å². The standard InChI is InChI=1S/C17H17FN2O5S/c18-13-5-3-12(4-6-13)17(16-2-1-11-25-16)19-26(23,24)15-9-7-14(8-10-15)20(21)22/h3-10,16-17,19H,1-2,11H2. The zero-order valence-corrected chi connectivity index (χ0v) is 14.5. The highest BCUT2D eigenvalue weighted by molar-refractivity contribution is 7.89. The zero-order chi connectivity index (χ0) is 18.7. The van der Waals surface area contributed by atoms with E-state index < -0.39 is 26.8 Å². The molecule has 0 radical (unpaired) electrons. The van der Waals surface area contributed by atoms with E-state index in [2.05, 4.69) is 4.72 Å². The molecule has 1 heterocycles. The Morgan fingerprint density at radius 3 is 2.35 bits per heavy atom. The summed E-state index contributed by atoms with van der Waals surface area (Å²) in [6.45, 7) is 0.529. The number of halogens is 1. The quantitative estimate of drug-likeness (QED) is 0.614. The highest BCUT2D eigenvalue weighted by Crippen LogP contribution is 2.29. The molecule has 26 heavy (non-hydrogen) atoms. The monoisotopic (exact) mass is 380 g/mol. The van der Waals surface area contributed by atoms with Crippen LogP contribution in [0.4, 0.5) is 10.1 Å². The molecule has 0 bridgehead atoms. The summed E-state index contributed by atoms with van der Waals surface area (Å²) in [7, 11) is -3.94. The van der Waals surface area contributed by atoms with E-state index in [9.17, 15) is 22.9 Å². The van der Waals surface area contributed by atoms with Gasteiger partial charge in [-0.3, -0.25) is 10.1 Å². The van der Waals surface area contributed by atoms with Gasteiger partial charge in [-0.1, -0.05) is 12.1 Å². The maximum absolute atomic E-state index is 13.2. The molecule has 2 aromatic carbocycles. The molecule has 7 nitrogen and oxygen atoms in total. The van der Waals surface area contributed by atoms with Crippen molar-refractivity contribution in [1.82, 2.24) is 4.72 Å². The van der Waals surface area contributed by atoms with Crippen LogP contribution in [0, 0.1) is 15.9 Å². The van der Waals surface area contributed by atoms with Crippen molar-refractivity contribution in [2.45, 2.75) is 29.9 Å². The van der Waals surface area contributed by atoms with Crippen LogP contribution >= 0.6 is 0 Å². The first-order chi connectivity index (χ1) is 12.4. The van der Waals surface area contributed by atoms with Gasteiger partial charge in [-0.25, -0.2) is 17.5 Å². The van der Waals surface area contributed by atoms with E-state index in [0.29, 0.717) is 18.6 Å². The van der Waals surface area contributed by atoms with Crippen molar-refractivity contribution in [3.05, 3.63) is 70.0 Å². The van der Waals surface area contributed by atoms with Crippen LogP contribution in [-0.4, -0.2) is 26.1 Å². The average Bonchev–Trinajstić information content (AvgIpc) is 3.15. The molecule has 2 aromatic rings. The van der Waals surface area contributed by atoms with E-state index in [1.807, 2.05) is 0 Å². The van der Waals surface area contributed by atoms with Crippen LogP contribution in [0.15, 0.2) is 53.4 Å². The number of non-ortho nitro benzene ring substituents is 1. The SMILES string of the molecule is O=[N+]([O-])c1ccc(S(=O)(=O)NC(c2ccc(F)cc2)C2CCCO2)cc1. The highest BCUT2D eigenvalue weighted by atomic mass is 32.2. The molecule has 138 valence electrons. The molecule has 1 aliphatic heterocycles. The number of nitro groups is 1. The molecule has 3 rings (SSSR count). The first-order valence-corrected chi connectivity index (χ1v) is 9.49. The number of benzene rings is 2. The number of nitrogens with zero attached hydrogens (tertiary/aromatic N) is 1. The van der Waals surface area contributed by atoms with Gasteiger partial charge < -0.3 is 4.74 Å². The number of hydrogen-bond donors (Lipinski definition) is 1. The lowest BCUT2D eigenvalue weighted by Crippen LogP contribution is -2.36. The van der Waals surface area contributed by atoms with Crippen molar-refractivity contribution in [2.75, 3.05) is 6.61 Å². The van der Waals surface area contributed by atoms with Crippen molar-refractivity contribution < 1.29 is 22.5 Å². The lowest BCUT2D eigenvalue weighted by Gasteiger charge is -2.24. The summed E-state index contributed by atoms with van der Waals surface area (Å²) >= 11 is 0. The Labute approximate surface area is 150 Å². The van der Waals surface area contributed by atoms with Gasteiger partial charge in [0.05, 0.1) is 22.0 Å². The summed E-state index contributed by atoms with van der Waals surface area (Å²) in [4.78, 5) is 10.0. The van der Waals surface area contributed by atoms with Gasteiger partial charge in [-0.2, -0.15) is 0 Å². The molecule has 1 aliphatic rings. The van der Waals surface area contributed by atoms with E-state index >= 15 is 0 Å². The molecule has 1 saturated heterocycles. The minimum atomic E-state index is -3.94. The Balaban J connectivity index is 1.89. The van der Waals surface area contributed by atoms with Crippen LogP contribution in [0.2, 0.25) is 0 Å². The zero-order valence-electron chi connectivity index (χ0n) is 13.7. The second-order valence-corrected chi connectivity index (χ2v) is 7.67. The van der Waals surface area contributed by atoms with Crippen molar-refractivity contribution in [3.63, 3.8) is 0 Å². The number of rotatable bonds is 6. The molecule has 9 heteroatoms. The Morgan fingerprint density at radius 1 is 1.15 bits per heavy atom. The largest absolute Gasteiger partial charge is 0.376 e. The molecule has 2 atom stereocenters. The third-order valence-electron chi connectivity index (χ3n) is 4.21. The first-order valence-electron chi connectivity index (χ1n) is 8.01. The molecule has 1 fully saturated rings. The van der Waals surface area contributed by atoms with Gasteiger partial charge in [0.15, 0.2) is 0 Å². The minimum absolute atomic E-state index is 0.0896. The Hall–Kier alpha value is -2.36. The third-order valence-corrected chi connectivity index (χ3v) is 5.66. The molecular weight excluding hydrogens is 363 g/mol. The Kier molecular flexibility index (Phi) is 5.30. The van der Waals surface area contributed by atoms with E-state index in [0.717, 1.165) is 18.6 Å². The van der Waals surface area contributed by atoms with Gasteiger partial charge in [0.1, 0.15) is 5.82 Å². The van der Waals surface area contributed by atoms with Crippen LogP contribution in [-0.2, 0) is 14.8 Å². The molecular formula is C17H17FN2O5S. The van der Waals surface area contributed by atoms with Gasteiger partial charge in [-0.05, 0) is 42.7 Å². The topological polar surface area (TPSA) is 98.5 Å². The number of nitro benzene ring substituents is 1. The predicted molar refractivity (Wildman–Crippen MR) is 91.5 cm³/mol.